The van der Waals surface area contributed by atoms with E-state index < -0.39 is 0 Å². The standard InChI is InChI=1S/C31H29N5O3/c37-29-9-8-23(30(38)34-27-18-33-36(20-27)19-21-4-2-1-3-5-21)17-28(29)26-14-22-6-7-24(15-25(22)16-26)31(39)35-12-10-32-11-13-35/h1-8,15-18,20,32H,9-14,19H2,(H,34,38). The summed E-state index contributed by atoms with van der Waals surface area (Å²) >= 11 is 0. The van der Waals surface area contributed by atoms with Crippen molar-refractivity contribution in [1.29, 1.82) is 0 Å². The Morgan fingerprint density at radius 3 is 2.67 bits per heavy atom. The van der Waals surface area contributed by atoms with Crippen LogP contribution in [0.2, 0.25) is 0 Å². The Bertz CT molecular complexity index is 1540. The first kappa shape index (κ1) is 24.8. The van der Waals surface area contributed by atoms with Crippen LogP contribution < -0.4 is 10.6 Å². The SMILES string of the molecule is O=C1CC=C(C(=O)Nc2cnn(Cc3ccccc3)c2)C=C1C1=Cc2cc(C(=O)N3CCNCC3)ccc2C1. The molecular weight excluding hydrogens is 490 g/mol. The molecule has 0 unspecified atom stereocenters. The number of hydrogen-bond acceptors (Lipinski definition) is 5. The average molecular weight is 520 g/mol. The number of carbonyl (C=O) groups is 3. The van der Waals surface area contributed by atoms with Crippen LogP contribution in [-0.4, -0.2) is 58.5 Å². The molecule has 1 aromatic heterocycles. The zero-order chi connectivity index (χ0) is 26.8. The van der Waals surface area contributed by atoms with Crippen LogP contribution in [0.3, 0.4) is 0 Å². The van der Waals surface area contributed by atoms with E-state index in [9.17, 15) is 14.4 Å². The van der Waals surface area contributed by atoms with Crippen molar-refractivity contribution in [3.63, 3.8) is 0 Å². The third-order valence-corrected chi connectivity index (χ3v) is 7.30. The smallest absolute Gasteiger partial charge is 0.255 e. The number of aromatic nitrogens is 2. The number of carbonyl (C=O) groups excluding carboxylic acids is 3. The highest BCUT2D eigenvalue weighted by Crippen LogP contribution is 2.33. The number of hydrogen-bond donors (Lipinski definition) is 2. The first-order chi connectivity index (χ1) is 19.0. The Morgan fingerprint density at radius 2 is 1.85 bits per heavy atom. The number of ketones is 1. The van der Waals surface area contributed by atoms with Crippen LogP contribution in [-0.2, 0) is 22.6 Å². The van der Waals surface area contributed by atoms with Crippen molar-refractivity contribution < 1.29 is 14.4 Å². The van der Waals surface area contributed by atoms with Crippen molar-refractivity contribution in [2.24, 2.45) is 0 Å². The normalized spacial score (nSPS) is 16.8. The summed E-state index contributed by atoms with van der Waals surface area (Å²) in [6, 6.07) is 15.7. The van der Waals surface area contributed by atoms with Crippen LogP contribution in [0.4, 0.5) is 5.69 Å². The van der Waals surface area contributed by atoms with E-state index in [0.717, 1.165) is 35.4 Å². The van der Waals surface area contributed by atoms with Crippen molar-refractivity contribution in [3.8, 4) is 0 Å². The van der Waals surface area contributed by atoms with Gasteiger partial charge in [0.05, 0.1) is 18.4 Å². The monoisotopic (exact) mass is 519 g/mol. The summed E-state index contributed by atoms with van der Waals surface area (Å²) in [5, 5.41) is 10.5. The van der Waals surface area contributed by atoms with Gasteiger partial charge < -0.3 is 15.5 Å². The summed E-state index contributed by atoms with van der Waals surface area (Å²) in [6.07, 6.45) is 9.50. The molecule has 39 heavy (non-hydrogen) atoms. The Labute approximate surface area is 226 Å². The van der Waals surface area contributed by atoms with Crippen LogP contribution in [0.15, 0.2) is 89.8 Å². The van der Waals surface area contributed by atoms with Crippen molar-refractivity contribution in [2.45, 2.75) is 19.4 Å². The number of rotatable bonds is 6. The highest BCUT2D eigenvalue weighted by atomic mass is 16.2. The molecule has 2 aromatic carbocycles. The fourth-order valence-electron chi connectivity index (χ4n) is 5.22. The van der Waals surface area contributed by atoms with E-state index >= 15 is 0 Å². The Hall–Kier alpha value is -4.56. The second-order valence-electron chi connectivity index (χ2n) is 10.0. The van der Waals surface area contributed by atoms with Crippen LogP contribution in [0.25, 0.3) is 6.08 Å². The molecule has 2 aliphatic carbocycles. The fourth-order valence-corrected chi connectivity index (χ4v) is 5.22. The first-order valence-corrected chi connectivity index (χ1v) is 13.2. The minimum Gasteiger partial charge on any atom is -0.336 e. The molecule has 0 saturated carbocycles. The third-order valence-electron chi connectivity index (χ3n) is 7.30. The second-order valence-corrected chi connectivity index (χ2v) is 10.0. The molecular formula is C31H29N5O3. The predicted octanol–water partition coefficient (Wildman–Crippen LogP) is 3.38. The third kappa shape index (κ3) is 5.37. The van der Waals surface area contributed by atoms with Gasteiger partial charge in [0.2, 0.25) is 0 Å². The van der Waals surface area contributed by atoms with Crippen LogP contribution in [0, 0.1) is 0 Å². The average Bonchev–Trinajstić information content (AvgIpc) is 3.60. The molecule has 1 aliphatic heterocycles. The zero-order valence-corrected chi connectivity index (χ0v) is 21.5. The van der Waals surface area contributed by atoms with E-state index in [4.69, 9.17) is 0 Å². The summed E-state index contributed by atoms with van der Waals surface area (Å²) in [7, 11) is 0. The molecule has 0 radical (unpaired) electrons. The minimum absolute atomic E-state index is 0.0154. The molecule has 1 fully saturated rings. The number of Topliss-reactive ketones (excluding diaryl/α,β-unsaturated/α-hetero) is 1. The predicted molar refractivity (Wildman–Crippen MR) is 149 cm³/mol. The topological polar surface area (TPSA) is 96.3 Å². The Kier molecular flexibility index (Phi) is 6.77. The highest BCUT2D eigenvalue weighted by Gasteiger charge is 2.26. The van der Waals surface area contributed by atoms with Gasteiger partial charge in [-0.2, -0.15) is 5.10 Å². The molecule has 0 spiro atoms. The lowest BCUT2D eigenvalue weighted by molar-refractivity contribution is -0.114. The first-order valence-electron chi connectivity index (χ1n) is 13.2. The maximum absolute atomic E-state index is 13.1. The molecule has 2 N–H and O–H groups in total. The number of nitrogens with zero attached hydrogens (tertiary/aromatic N) is 3. The lowest BCUT2D eigenvalue weighted by atomic mass is 9.91. The van der Waals surface area contributed by atoms with Gasteiger partial charge in [-0.1, -0.05) is 48.6 Å². The van der Waals surface area contributed by atoms with Gasteiger partial charge in [0.1, 0.15) is 0 Å². The second kappa shape index (κ2) is 10.7. The van der Waals surface area contributed by atoms with Gasteiger partial charge in [0.15, 0.2) is 5.78 Å². The summed E-state index contributed by atoms with van der Waals surface area (Å²) in [5.41, 5.74) is 6.26. The number of piperazine rings is 1. The molecule has 3 aliphatic rings. The summed E-state index contributed by atoms with van der Waals surface area (Å²) in [5.74, 6) is -0.263. The largest absolute Gasteiger partial charge is 0.336 e. The molecule has 196 valence electrons. The van der Waals surface area contributed by atoms with E-state index in [0.29, 0.717) is 48.5 Å². The van der Waals surface area contributed by atoms with Gasteiger partial charge in [-0.3, -0.25) is 19.1 Å². The molecule has 0 bridgehead atoms. The van der Waals surface area contributed by atoms with Crippen molar-refractivity contribution in [3.05, 3.63) is 112 Å². The lowest BCUT2D eigenvalue weighted by Crippen LogP contribution is -2.46. The van der Waals surface area contributed by atoms with Crippen LogP contribution >= 0.6 is 0 Å². The van der Waals surface area contributed by atoms with Crippen molar-refractivity contribution in [2.75, 3.05) is 31.5 Å². The number of benzene rings is 2. The van der Waals surface area contributed by atoms with E-state index in [1.807, 2.05) is 59.5 Å². The van der Waals surface area contributed by atoms with E-state index in [1.54, 1.807) is 29.2 Å². The lowest BCUT2D eigenvalue weighted by Gasteiger charge is -2.27. The van der Waals surface area contributed by atoms with Gasteiger partial charge >= 0.3 is 0 Å². The number of nitrogens with one attached hydrogen (secondary N) is 2. The van der Waals surface area contributed by atoms with Crippen molar-refractivity contribution >= 4 is 29.4 Å². The van der Waals surface area contributed by atoms with Crippen LogP contribution in [0.5, 0.6) is 0 Å². The van der Waals surface area contributed by atoms with Crippen molar-refractivity contribution in [1.82, 2.24) is 20.0 Å². The van der Waals surface area contributed by atoms with E-state index in [2.05, 4.69) is 15.7 Å². The van der Waals surface area contributed by atoms with Gasteiger partial charge in [-0.05, 0) is 46.9 Å². The summed E-state index contributed by atoms with van der Waals surface area (Å²) in [6.45, 7) is 3.61. The van der Waals surface area contributed by atoms with Gasteiger partial charge in [-0.25, -0.2) is 0 Å². The minimum atomic E-state index is -0.278. The molecule has 1 saturated heterocycles. The molecule has 3 aromatic rings. The van der Waals surface area contributed by atoms with Gasteiger partial charge in [0.25, 0.3) is 11.8 Å². The van der Waals surface area contributed by atoms with E-state index in [1.165, 1.54) is 0 Å². The number of allylic oxidation sites excluding steroid dienone is 3. The molecule has 2 amide bonds. The maximum Gasteiger partial charge on any atom is 0.255 e. The molecule has 8 heteroatoms. The van der Waals surface area contributed by atoms with Crippen LogP contribution in [0.1, 0.15) is 33.5 Å². The van der Waals surface area contributed by atoms with E-state index in [-0.39, 0.29) is 24.0 Å². The summed E-state index contributed by atoms with van der Waals surface area (Å²) < 4.78 is 1.77. The highest BCUT2D eigenvalue weighted by molar-refractivity contribution is 6.12. The fraction of sp³-hybridized carbons (Fsp3) is 0.226. The Balaban J connectivity index is 1.15. The summed E-state index contributed by atoms with van der Waals surface area (Å²) in [4.78, 5) is 40.7. The quantitative estimate of drug-likeness (QED) is 0.521. The Morgan fingerprint density at radius 1 is 1.03 bits per heavy atom. The molecule has 6 rings (SSSR count). The van der Waals surface area contributed by atoms with Gasteiger partial charge in [0, 0.05) is 55.5 Å². The maximum atomic E-state index is 13.1. The molecule has 2 heterocycles. The molecule has 0 atom stereocenters. The molecule has 8 nitrogen and oxygen atoms in total. The van der Waals surface area contributed by atoms with Gasteiger partial charge in [-0.15, -0.1) is 0 Å². The number of amides is 2. The zero-order valence-electron chi connectivity index (χ0n) is 21.5. The number of anilines is 1. The number of fused-ring (bicyclic) bond motifs is 1.